The molecule has 41 heavy (non-hydrogen) atoms. The van der Waals surface area contributed by atoms with E-state index in [1.54, 1.807) is 36.4 Å². The molecule has 0 aromatic heterocycles. The van der Waals surface area contributed by atoms with Crippen molar-refractivity contribution in [3.8, 4) is 11.5 Å². The number of urea groups is 1. The fourth-order valence-electron chi connectivity index (χ4n) is 4.41. The summed E-state index contributed by atoms with van der Waals surface area (Å²) in [5.74, 6) is -0.483. The molecule has 4 rings (SSSR count). The van der Waals surface area contributed by atoms with Crippen molar-refractivity contribution in [1.82, 2.24) is 5.32 Å². The molecule has 0 spiro atoms. The third-order valence-corrected chi connectivity index (χ3v) is 6.77. The lowest BCUT2D eigenvalue weighted by Gasteiger charge is -2.27. The van der Waals surface area contributed by atoms with E-state index < -0.39 is 17.8 Å². The maximum atomic E-state index is 13.5. The summed E-state index contributed by atoms with van der Waals surface area (Å²) in [4.78, 5) is 40.0. The van der Waals surface area contributed by atoms with Crippen LogP contribution in [0.1, 0.15) is 49.9 Å². The molecule has 0 aliphatic carbocycles. The first-order chi connectivity index (χ1) is 19.5. The van der Waals surface area contributed by atoms with Crippen LogP contribution in [0, 0.1) is 0 Å². The van der Waals surface area contributed by atoms with Gasteiger partial charge >= 0.3 is 6.03 Å². The molecule has 4 amide bonds. The minimum Gasteiger partial charge on any atom is -0.490 e. The molecule has 0 radical (unpaired) electrons. The van der Waals surface area contributed by atoms with E-state index in [2.05, 4.69) is 32.7 Å². The molecule has 1 aliphatic heterocycles. The molecule has 1 heterocycles. The smallest absolute Gasteiger partial charge is 0.335 e. The first kappa shape index (κ1) is 29.6. The summed E-state index contributed by atoms with van der Waals surface area (Å²) in [6, 6.07) is 17.2. The van der Waals surface area contributed by atoms with Crippen LogP contribution in [0.15, 0.2) is 78.9 Å². The second-order valence-corrected chi connectivity index (χ2v) is 11.0. The Balaban J connectivity index is 1.69. The number of anilines is 1. The number of halogens is 1. The monoisotopic (exact) mass is 572 g/mol. The van der Waals surface area contributed by atoms with Gasteiger partial charge in [0.15, 0.2) is 11.5 Å². The molecule has 0 unspecified atom stereocenters. The maximum absolute atomic E-state index is 13.5. The highest BCUT2D eigenvalue weighted by Gasteiger charge is 2.37. The number of ether oxygens (including phenoxy) is 2. The first-order valence-corrected chi connectivity index (χ1v) is 13.7. The third kappa shape index (κ3) is 6.87. The number of benzene rings is 3. The number of imide groups is 2. The summed E-state index contributed by atoms with van der Waals surface area (Å²) in [7, 11) is 0. The first-order valence-electron chi connectivity index (χ1n) is 13.3. The molecule has 8 heteroatoms. The standard InChI is InChI=1S/C33H33ClN2O5/c1-6-8-23-17-22(19-28(40-7-2)29(23)41-20-21-9-13-25(34)14-10-21)18-27-30(37)35-32(39)36(31(27)38)26-15-11-24(12-16-26)33(3,4)5/h6,9-19H,1,7-8,20H2,2-5H3,(H,35,37,39). The van der Waals surface area contributed by atoms with E-state index in [1.807, 2.05) is 37.3 Å². The normalized spacial score (nSPS) is 14.7. The van der Waals surface area contributed by atoms with Crippen LogP contribution in [0.4, 0.5) is 10.5 Å². The van der Waals surface area contributed by atoms with Gasteiger partial charge in [0.1, 0.15) is 12.2 Å². The van der Waals surface area contributed by atoms with Crippen LogP contribution in [0.3, 0.4) is 0 Å². The van der Waals surface area contributed by atoms with Crippen molar-refractivity contribution in [3.05, 3.63) is 106 Å². The second kappa shape index (κ2) is 12.4. The van der Waals surface area contributed by atoms with Crippen molar-refractivity contribution in [3.63, 3.8) is 0 Å². The summed E-state index contributed by atoms with van der Waals surface area (Å²) < 4.78 is 12.1. The van der Waals surface area contributed by atoms with Crippen molar-refractivity contribution in [2.45, 2.75) is 46.1 Å². The predicted molar refractivity (Wildman–Crippen MR) is 161 cm³/mol. The van der Waals surface area contributed by atoms with Crippen molar-refractivity contribution in [2.24, 2.45) is 0 Å². The van der Waals surface area contributed by atoms with Gasteiger partial charge in [0.2, 0.25) is 0 Å². The van der Waals surface area contributed by atoms with E-state index in [4.69, 9.17) is 21.1 Å². The summed E-state index contributed by atoms with van der Waals surface area (Å²) >= 11 is 6.00. The van der Waals surface area contributed by atoms with Crippen molar-refractivity contribution < 1.29 is 23.9 Å². The average Bonchev–Trinajstić information content (AvgIpc) is 2.91. The fourth-order valence-corrected chi connectivity index (χ4v) is 4.53. The topological polar surface area (TPSA) is 84.9 Å². The number of nitrogens with one attached hydrogen (secondary N) is 1. The number of carbonyl (C=O) groups excluding carboxylic acids is 3. The van der Waals surface area contributed by atoms with Gasteiger partial charge in [-0.2, -0.15) is 0 Å². The Labute approximate surface area is 245 Å². The maximum Gasteiger partial charge on any atom is 0.335 e. The van der Waals surface area contributed by atoms with E-state index in [-0.39, 0.29) is 17.6 Å². The number of carbonyl (C=O) groups is 3. The zero-order valence-electron chi connectivity index (χ0n) is 23.6. The van der Waals surface area contributed by atoms with Crippen molar-refractivity contribution >= 4 is 41.2 Å². The number of barbiturate groups is 1. The summed E-state index contributed by atoms with van der Waals surface area (Å²) in [6.07, 6.45) is 3.65. The largest absolute Gasteiger partial charge is 0.490 e. The van der Waals surface area contributed by atoms with Gasteiger partial charge in [-0.25, -0.2) is 9.69 Å². The average molecular weight is 573 g/mol. The molecule has 0 saturated carbocycles. The molecule has 1 saturated heterocycles. The van der Waals surface area contributed by atoms with Crippen molar-refractivity contribution in [2.75, 3.05) is 11.5 Å². The van der Waals surface area contributed by atoms with Gasteiger partial charge in [-0.1, -0.05) is 62.7 Å². The molecule has 0 atom stereocenters. The Bertz CT molecular complexity index is 1500. The molecule has 3 aromatic rings. The molecular formula is C33H33ClN2O5. The lowest BCUT2D eigenvalue weighted by atomic mass is 9.87. The Morgan fingerprint density at radius 2 is 1.66 bits per heavy atom. The van der Waals surface area contributed by atoms with E-state index >= 15 is 0 Å². The highest BCUT2D eigenvalue weighted by atomic mass is 35.5. The summed E-state index contributed by atoms with van der Waals surface area (Å²) in [6.45, 7) is 12.6. The molecule has 7 nitrogen and oxygen atoms in total. The fraction of sp³-hybridized carbons (Fsp3) is 0.242. The minimum absolute atomic E-state index is 0.0974. The lowest BCUT2D eigenvalue weighted by Crippen LogP contribution is -2.54. The Kier molecular flexibility index (Phi) is 8.98. The molecule has 1 fully saturated rings. The van der Waals surface area contributed by atoms with Crippen LogP contribution in [0.5, 0.6) is 11.5 Å². The van der Waals surface area contributed by atoms with Gasteiger partial charge < -0.3 is 9.47 Å². The van der Waals surface area contributed by atoms with E-state index in [9.17, 15) is 14.4 Å². The predicted octanol–water partition coefficient (Wildman–Crippen LogP) is 7.01. The lowest BCUT2D eigenvalue weighted by molar-refractivity contribution is -0.122. The quantitative estimate of drug-likeness (QED) is 0.169. The SMILES string of the molecule is C=CCc1cc(C=C2C(=O)NC(=O)N(c3ccc(C(C)(C)C)cc3)C2=O)cc(OCC)c1OCc1ccc(Cl)cc1. The van der Waals surface area contributed by atoms with Crippen LogP contribution >= 0.6 is 11.6 Å². The number of amides is 4. The van der Waals surface area contributed by atoms with E-state index in [1.165, 1.54) is 6.08 Å². The van der Waals surface area contributed by atoms with Crippen molar-refractivity contribution in [1.29, 1.82) is 0 Å². The van der Waals surface area contributed by atoms with E-state index in [0.29, 0.717) is 40.8 Å². The highest BCUT2D eigenvalue weighted by molar-refractivity contribution is 6.39. The second-order valence-electron chi connectivity index (χ2n) is 10.6. The third-order valence-electron chi connectivity index (χ3n) is 6.52. The molecule has 3 aromatic carbocycles. The van der Waals surface area contributed by atoms with Gasteiger partial charge in [-0.15, -0.1) is 6.58 Å². The number of nitrogens with zero attached hydrogens (tertiary/aromatic N) is 1. The van der Waals surface area contributed by atoms with E-state index in [0.717, 1.165) is 21.6 Å². The van der Waals surface area contributed by atoms with Gasteiger partial charge in [-0.05, 0) is 77.9 Å². The Hall–Kier alpha value is -4.36. The van der Waals surface area contributed by atoms with Gasteiger partial charge in [-0.3, -0.25) is 14.9 Å². The molecule has 212 valence electrons. The van der Waals surface area contributed by atoms with Crippen LogP contribution in [0.2, 0.25) is 5.02 Å². The number of hydrogen-bond acceptors (Lipinski definition) is 5. The van der Waals surface area contributed by atoms with Gasteiger partial charge in [0.25, 0.3) is 11.8 Å². The van der Waals surface area contributed by atoms with Crippen LogP contribution in [0.25, 0.3) is 6.08 Å². The summed E-state index contributed by atoms with van der Waals surface area (Å²) in [5, 5.41) is 2.92. The molecule has 1 aliphatic rings. The number of hydrogen-bond donors (Lipinski definition) is 1. The van der Waals surface area contributed by atoms with Gasteiger partial charge in [0, 0.05) is 10.6 Å². The Morgan fingerprint density at radius 1 is 0.976 bits per heavy atom. The zero-order chi connectivity index (χ0) is 29.7. The van der Waals surface area contributed by atoms with Crippen LogP contribution in [-0.4, -0.2) is 24.5 Å². The number of allylic oxidation sites excluding steroid dienone is 1. The molecule has 1 N–H and O–H groups in total. The summed E-state index contributed by atoms with van der Waals surface area (Å²) in [5.41, 5.74) is 3.38. The van der Waals surface area contributed by atoms with Gasteiger partial charge in [0.05, 0.1) is 12.3 Å². The minimum atomic E-state index is -0.797. The highest BCUT2D eigenvalue weighted by Crippen LogP contribution is 2.36. The molecule has 0 bridgehead atoms. The van der Waals surface area contributed by atoms with Crippen LogP contribution < -0.4 is 19.7 Å². The molecular weight excluding hydrogens is 540 g/mol. The zero-order valence-corrected chi connectivity index (χ0v) is 24.4. The van der Waals surface area contributed by atoms with Crippen LogP contribution in [-0.2, 0) is 28.0 Å². The Morgan fingerprint density at radius 3 is 2.27 bits per heavy atom. The number of rotatable bonds is 9.